The van der Waals surface area contributed by atoms with Gasteiger partial charge in [0.25, 0.3) is 5.91 Å². The molecule has 0 aliphatic carbocycles. The number of halogens is 1. The molecule has 3 rings (SSSR count). The van der Waals surface area contributed by atoms with Gasteiger partial charge in [-0.15, -0.1) is 0 Å². The van der Waals surface area contributed by atoms with Crippen LogP contribution in [0.25, 0.3) is 0 Å². The molecule has 27 heavy (non-hydrogen) atoms. The molecule has 1 fully saturated rings. The number of carbonyl (C=O) groups is 1. The number of anilines is 1. The number of carbonyl (C=O) groups excluding carboxylic acids is 1. The fraction of sp³-hybridized carbons (Fsp3) is 0.409. The molecule has 2 aromatic rings. The normalized spacial score (nSPS) is 16.0. The van der Waals surface area contributed by atoms with Crippen molar-refractivity contribution in [3.63, 3.8) is 0 Å². The van der Waals surface area contributed by atoms with Crippen molar-refractivity contribution in [2.75, 3.05) is 24.6 Å². The molecule has 1 amide bonds. The van der Waals surface area contributed by atoms with Gasteiger partial charge >= 0.3 is 0 Å². The third kappa shape index (κ3) is 5.46. The predicted octanol–water partition coefficient (Wildman–Crippen LogP) is 4.32. The second-order valence-corrected chi connectivity index (χ2v) is 7.29. The van der Waals surface area contributed by atoms with Gasteiger partial charge in [0.15, 0.2) is 6.61 Å². The van der Waals surface area contributed by atoms with Crippen molar-refractivity contribution in [1.82, 2.24) is 5.32 Å². The van der Waals surface area contributed by atoms with E-state index in [9.17, 15) is 9.18 Å². The van der Waals surface area contributed by atoms with Crippen molar-refractivity contribution in [2.24, 2.45) is 5.92 Å². The van der Waals surface area contributed by atoms with Crippen molar-refractivity contribution in [1.29, 1.82) is 0 Å². The molecule has 144 valence electrons. The summed E-state index contributed by atoms with van der Waals surface area (Å²) in [5, 5.41) is 2.93. The maximum atomic E-state index is 12.9. The van der Waals surface area contributed by atoms with Gasteiger partial charge in [0.05, 0.1) is 6.04 Å². The summed E-state index contributed by atoms with van der Waals surface area (Å²) in [5.74, 6) is 0.746. The largest absolute Gasteiger partial charge is 0.484 e. The zero-order valence-electron chi connectivity index (χ0n) is 16.0. The quantitative estimate of drug-likeness (QED) is 0.823. The highest BCUT2D eigenvalue weighted by atomic mass is 19.1. The summed E-state index contributed by atoms with van der Waals surface area (Å²) in [4.78, 5) is 14.5. The van der Waals surface area contributed by atoms with Gasteiger partial charge in [-0.1, -0.05) is 19.1 Å². The summed E-state index contributed by atoms with van der Waals surface area (Å²) < 4.78 is 18.3. The Balaban J connectivity index is 1.49. The zero-order chi connectivity index (χ0) is 19.2. The van der Waals surface area contributed by atoms with Crippen LogP contribution in [0, 0.1) is 11.7 Å². The third-order valence-corrected chi connectivity index (χ3v) is 5.10. The molecule has 1 aliphatic rings. The highest BCUT2D eigenvalue weighted by Crippen LogP contribution is 2.24. The minimum atomic E-state index is -0.331. The number of ether oxygens (including phenoxy) is 1. The Morgan fingerprint density at radius 2 is 1.78 bits per heavy atom. The number of piperidine rings is 1. The summed E-state index contributed by atoms with van der Waals surface area (Å²) >= 11 is 0. The number of nitrogens with one attached hydrogen (secondary N) is 1. The van der Waals surface area contributed by atoms with Crippen LogP contribution in [0.3, 0.4) is 0 Å². The van der Waals surface area contributed by atoms with E-state index >= 15 is 0 Å². The number of benzene rings is 2. The predicted molar refractivity (Wildman–Crippen MR) is 106 cm³/mol. The van der Waals surface area contributed by atoms with Crippen LogP contribution in [0.2, 0.25) is 0 Å². The summed E-state index contributed by atoms with van der Waals surface area (Å²) in [7, 11) is 0. The van der Waals surface area contributed by atoms with E-state index in [4.69, 9.17) is 4.74 Å². The highest BCUT2D eigenvalue weighted by molar-refractivity contribution is 5.78. The van der Waals surface area contributed by atoms with Crippen molar-refractivity contribution in [3.8, 4) is 5.75 Å². The molecule has 1 heterocycles. The number of hydrogen-bond donors (Lipinski definition) is 1. The SMILES string of the molecule is CC1CCN(c2ccc([C@@H](C)NC(=O)COc3ccc(F)cc3)cc2)CC1. The molecule has 0 spiro atoms. The number of nitrogens with zero attached hydrogens (tertiary/aromatic N) is 1. The van der Waals surface area contributed by atoms with Crippen LogP contribution in [-0.2, 0) is 4.79 Å². The van der Waals surface area contributed by atoms with Gasteiger partial charge in [-0.2, -0.15) is 0 Å². The maximum Gasteiger partial charge on any atom is 0.258 e. The second-order valence-electron chi connectivity index (χ2n) is 7.29. The first-order valence-electron chi connectivity index (χ1n) is 9.54. The van der Waals surface area contributed by atoms with Gasteiger partial charge in [0, 0.05) is 18.8 Å². The van der Waals surface area contributed by atoms with Gasteiger partial charge in [0.1, 0.15) is 11.6 Å². The fourth-order valence-corrected chi connectivity index (χ4v) is 3.29. The molecule has 1 aliphatic heterocycles. The Labute approximate surface area is 160 Å². The Hall–Kier alpha value is -2.56. The number of amides is 1. The molecular weight excluding hydrogens is 343 g/mol. The summed E-state index contributed by atoms with van der Waals surface area (Å²) in [6, 6.07) is 13.9. The molecular formula is C22H27FN2O2. The number of rotatable bonds is 6. The van der Waals surface area contributed by atoms with Crippen LogP contribution < -0.4 is 15.0 Å². The third-order valence-electron chi connectivity index (χ3n) is 5.10. The lowest BCUT2D eigenvalue weighted by Gasteiger charge is -2.32. The lowest BCUT2D eigenvalue weighted by molar-refractivity contribution is -0.123. The maximum absolute atomic E-state index is 12.9. The molecule has 0 aromatic heterocycles. The smallest absolute Gasteiger partial charge is 0.258 e. The van der Waals surface area contributed by atoms with Crippen molar-refractivity contribution in [2.45, 2.75) is 32.7 Å². The van der Waals surface area contributed by atoms with Gasteiger partial charge < -0.3 is 15.0 Å². The first kappa shape index (κ1) is 19.2. The molecule has 5 heteroatoms. The standard InChI is InChI=1S/C22H27FN2O2/c1-16-11-13-25(14-12-16)20-7-3-18(4-8-20)17(2)24-22(26)15-27-21-9-5-19(23)6-10-21/h3-10,16-17H,11-15H2,1-2H3,(H,24,26)/t17-/m1/s1. The van der Waals surface area contributed by atoms with Crippen LogP contribution in [0.1, 0.15) is 38.3 Å². The Morgan fingerprint density at radius 3 is 2.41 bits per heavy atom. The van der Waals surface area contributed by atoms with E-state index in [0.29, 0.717) is 5.75 Å². The van der Waals surface area contributed by atoms with Crippen molar-refractivity contribution >= 4 is 11.6 Å². The van der Waals surface area contributed by atoms with Gasteiger partial charge in [0.2, 0.25) is 0 Å². The van der Waals surface area contributed by atoms with Gasteiger partial charge in [-0.05, 0) is 67.6 Å². The molecule has 2 aromatic carbocycles. The Morgan fingerprint density at radius 1 is 1.15 bits per heavy atom. The van der Waals surface area contributed by atoms with Crippen LogP contribution in [0.5, 0.6) is 5.75 Å². The first-order valence-corrected chi connectivity index (χ1v) is 9.54. The van der Waals surface area contributed by atoms with Gasteiger partial charge in [-0.3, -0.25) is 4.79 Å². The minimum Gasteiger partial charge on any atom is -0.484 e. The fourth-order valence-electron chi connectivity index (χ4n) is 3.29. The monoisotopic (exact) mass is 370 g/mol. The molecule has 1 atom stereocenters. The van der Waals surface area contributed by atoms with Crippen LogP contribution in [0.15, 0.2) is 48.5 Å². The highest BCUT2D eigenvalue weighted by Gasteiger charge is 2.16. The molecule has 1 saturated heterocycles. The van der Waals surface area contributed by atoms with Gasteiger partial charge in [-0.25, -0.2) is 4.39 Å². The van der Waals surface area contributed by atoms with Crippen LogP contribution in [-0.4, -0.2) is 25.6 Å². The molecule has 1 N–H and O–H groups in total. The summed E-state index contributed by atoms with van der Waals surface area (Å²) in [6.07, 6.45) is 2.48. The minimum absolute atomic E-state index is 0.0972. The average molecular weight is 370 g/mol. The van der Waals surface area contributed by atoms with Crippen LogP contribution in [0.4, 0.5) is 10.1 Å². The van der Waals surface area contributed by atoms with E-state index in [2.05, 4.69) is 41.4 Å². The van der Waals surface area contributed by atoms with E-state index in [1.54, 1.807) is 0 Å². The lowest BCUT2D eigenvalue weighted by Crippen LogP contribution is -2.33. The summed E-state index contributed by atoms with van der Waals surface area (Å²) in [5.41, 5.74) is 2.29. The average Bonchev–Trinajstić information content (AvgIpc) is 2.68. The molecule has 0 saturated carbocycles. The molecule has 0 unspecified atom stereocenters. The van der Waals surface area contributed by atoms with E-state index in [1.165, 1.54) is 42.8 Å². The topological polar surface area (TPSA) is 41.6 Å². The van der Waals surface area contributed by atoms with Crippen molar-refractivity contribution < 1.29 is 13.9 Å². The lowest BCUT2D eigenvalue weighted by atomic mass is 9.98. The molecule has 0 bridgehead atoms. The van der Waals surface area contributed by atoms with Crippen molar-refractivity contribution in [3.05, 3.63) is 59.9 Å². The number of hydrogen-bond acceptors (Lipinski definition) is 3. The van der Waals surface area contributed by atoms with E-state index in [1.807, 2.05) is 6.92 Å². The second kappa shape index (κ2) is 8.89. The van der Waals surface area contributed by atoms with E-state index in [-0.39, 0.29) is 24.4 Å². The molecule has 0 radical (unpaired) electrons. The Kier molecular flexibility index (Phi) is 6.32. The first-order chi connectivity index (χ1) is 13.0. The van der Waals surface area contributed by atoms with E-state index in [0.717, 1.165) is 24.6 Å². The Bertz CT molecular complexity index is 738. The summed E-state index contributed by atoms with van der Waals surface area (Å²) in [6.45, 7) is 6.37. The zero-order valence-corrected chi connectivity index (χ0v) is 16.0. The molecule has 4 nitrogen and oxygen atoms in total. The van der Waals surface area contributed by atoms with E-state index < -0.39 is 0 Å². The van der Waals surface area contributed by atoms with Crippen LogP contribution >= 0.6 is 0 Å².